The fraction of sp³-hybridized carbons (Fsp3) is 0.190. The molecule has 0 spiro atoms. The molecule has 0 aliphatic rings. The van der Waals surface area contributed by atoms with E-state index in [0.717, 1.165) is 5.56 Å². The van der Waals surface area contributed by atoms with Gasteiger partial charge in [0.15, 0.2) is 5.13 Å². The molecule has 0 bridgehead atoms. The van der Waals surface area contributed by atoms with E-state index in [2.05, 4.69) is 39.4 Å². The number of nitrogens with one attached hydrogen (secondary N) is 2. The summed E-state index contributed by atoms with van der Waals surface area (Å²) < 4.78 is 5.60. The van der Waals surface area contributed by atoms with Gasteiger partial charge in [0.2, 0.25) is 5.88 Å². The first-order chi connectivity index (χ1) is 13.9. The maximum atomic E-state index is 12.6. The molecule has 10 heteroatoms. The predicted octanol–water partition coefficient (Wildman–Crippen LogP) is 2.46. The van der Waals surface area contributed by atoms with Crippen molar-refractivity contribution in [1.82, 2.24) is 15.0 Å². The van der Waals surface area contributed by atoms with Gasteiger partial charge in [0.25, 0.3) is 5.91 Å². The van der Waals surface area contributed by atoms with Crippen molar-refractivity contribution in [3.8, 4) is 5.88 Å². The summed E-state index contributed by atoms with van der Waals surface area (Å²) in [6.45, 7) is 11.2. The predicted molar refractivity (Wildman–Crippen MR) is 122 cm³/mol. The number of halogens is 1. The van der Waals surface area contributed by atoms with Gasteiger partial charge in [-0.25, -0.2) is 9.97 Å². The smallest absolute Gasteiger partial charge is 0.510 e. The van der Waals surface area contributed by atoms with E-state index >= 15 is 0 Å². The number of ether oxygens (including phenoxy) is 1. The Balaban J connectivity index is 0.00000240. The van der Waals surface area contributed by atoms with E-state index in [1.165, 1.54) is 17.5 Å². The van der Waals surface area contributed by atoms with E-state index in [4.69, 9.17) is 16.3 Å². The minimum Gasteiger partial charge on any atom is -0.510 e. The molecule has 3 aromatic rings. The molecule has 1 amide bonds. The van der Waals surface area contributed by atoms with Gasteiger partial charge in [0, 0.05) is 6.07 Å². The maximum absolute atomic E-state index is 12.6. The van der Waals surface area contributed by atoms with Crippen LogP contribution in [0.25, 0.3) is 0 Å². The van der Waals surface area contributed by atoms with Crippen molar-refractivity contribution in [1.29, 1.82) is 0 Å². The second kappa shape index (κ2) is 12.1. The number of rotatable bonds is 7. The summed E-state index contributed by atoms with van der Waals surface area (Å²) in [6, 6.07) is 7.09. The van der Waals surface area contributed by atoms with E-state index in [0.29, 0.717) is 44.7 Å². The number of hydrogen-bond acceptors (Lipinski definition) is 7. The minimum atomic E-state index is -0.305. The van der Waals surface area contributed by atoms with E-state index < -0.39 is 0 Å². The molecule has 2 heterocycles. The SMILES string of the molecule is [CH2-]CC([CH2-])Oc1cc(Nc2ncc(C(=O)Nc3c(C)cccc3Cl)s2)nc(C)n1.[CH3-].[Li+]. The summed E-state index contributed by atoms with van der Waals surface area (Å²) >= 11 is 7.37. The van der Waals surface area contributed by atoms with Crippen LogP contribution >= 0.6 is 22.9 Å². The largest absolute Gasteiger partial charge is 1.00 e. The number of anilines is 3. The van der Waals surface area contributed by atoms with Gasteiger partial charge in [0.1, 0.15) is 16.5 Å². The van der Waals surface area contributed by atoms with Gasteiger partial charge in [-0.2, -0.15) is 11.4 Å². The molecule has 0 radical (unpaired) electrons. The van der Waals surface area contributed by atoms with Gasteiger partial charge in [0.05, 0.1) is 16.9 Å². The number of carbonyl (C=O) groups excluding carboxylic acids is 1. The summed E-state index contributed by atoms with van der Waals surface area (Å²) in [5.74, 6) is 1.15. The molecule has 7 nitrogen and oxygen atoms in total. The first kappa shape index (κ1) is 26.9. The first-order valence-electron chi connectivity index (χ1n) is 8.79. The number of carbonyl (C=O) groups is 1. The molecular formula is C21H23ClLiN5O2S-2. The summed E-state index contributed by atoms with van der Waals surface area (Å²) in [5.41, 5.74) is 1.46. The Morgan fingerprint density at radius 2 is 2.06 bits per heavy atom. The molecule has 2 N–H and O–H groups in total. The van der Waals surface area contributed by atoms with Crippen molar-refractivity contribution < 1.29 is 28.4 Å². The Morgan fingerprint density at radius 1 is 1.32 bits per heavy atom. The molecule has 160 valence electrons. The molecular weight excluding hydrogens is 429 g/mol. The molecule has 31 heavy (non-hydrogen) atoms. The maximum Gasteiger partial charge on any atom is 1.00 e. The Bertz CT molecular complexity index is 1010. The van der Waals surface area contributed by atoms with Crippen molar-refractivity contribution in [3.63, 3.8) is 0 Å². The fourth-order valence-corrected chi connectivity index (χ4v) is 3.39. The number of hydrogen-bond donors (Lipinski definition) is 2. The zero-order valence-electron chi connectivity index (χ0n) is 18.0. The van der Waals surface area contributed by atoms with Crippen LogP contribution in [0.1, 0.15) is 27.5 Å². The van der Waals surface area contributed by atoms with Crippen LogP contribution in [-0.4, -0.2) is 27.0 Å². The van der Waals surface area contributed by atoms with Crippen molar-refractivity contribution in [2.45, 2.75) is 26.4 Å². The zero-order chi connectivity index (χ0) is 21.0. The first-order valence-corrected chi connectivity index (χ1v) is 9.99. The number of amides is 1. The van der Waals surface area contributed by atoms with Crippen LogP contribution in [0.15, 0.2) is 30.5 Å². The number of aryl methyl sites for hydroxylation is 2. The molecule has 1 atom stereocenters. The summed E-state index contributed by atoms with van der Waals surface area (Å²) in [7, 11) is 0. The number of thiazole rings is 1. The summed E-state index contributed by atoms with van der Waals surface area (Å²) in [4.78, 5) is 25.8. The monoisotopic (exact) mass is 451 g/mol. The molecule has 0 fully saturated rings. The van der Waals surface area contributed by atoms with Crippen LogP contribution in [-0.2, 0) is 0 Å². The average molecular weight is 452 g/mol. The summed E-state index contributed by atoms with van der Waals surface area (Å²) in [6.07, 6.45) is 1.71. The normalized spacial score (nSPS) is 11.0. The van der Waals surface area contributed by atoms with Gasteiger partial charge in [-0.15, -0.1) is 0 Å². The van der Waals surface area contributed by atoms with Gasteiger partial charge < -0.3 is 36.6 Å². The van der Waals surface area contributed by atoms with E-state index in [9.17, 15) is 4.79 Å². The average Bonchev–Trinajstić information content (AvgIpc) is 3.12. The number of aromatic nitrogens is 3. The van der Waals surface area contributed by atoms with Crippen molar-refractivity contribution in [2.24, 2.45) is 0 Å². The zero-order valence-corrected chi connectivity index (χ0v) is 19.6. The fourth-order valence-electron chi connectivity index (χ4n) is 2.41. The Kier molecular flexibility index (Phi) is 10.5. The molecule has 2 aromatic heterocycles. The van der Waals surface area contributed by atoms with Crippen molar-refractivity contribution >= 4 is 45.5 Å². The third kappa shape index (κ3) is 7.22. The minimum absolute atomic E-state index is 0. The van der Waals surface area contributed by atoms with Crippen molar-refractivity contribution in [3.05, 3.63) is 73.0 Å². The number of para-hydroxylation sites is 1. The Morgan fingerprint density at radius 3 is 2.74 bits per heavy atom. The number of nitrogens with zero attached hydrogens (tertiary/aromatic N) is 3. The molecule has 0 aliphatic heterocycles. The Labute approximate surface area is 204 Å². The van der Waals surface area contributed by atoms with Crippen LogP contribution in [0.3, 0.4) is 0 Å². The molecule has 0 saturated heterocycles. The van der Waals surface area contributed by atoms with Crippen LogP contribution in [0, 0.1) is 35.1 Å². The van der Waals surface area contributed by atoms with E-state index in [1.807, 2.05) is 19.1 Å². The van der Waals surface area contributed by atoms with Crippen LogP contribution in [0.5, 0.6) is 5.88 Å². The molecule has 0 aliphatic carbocycles. The second-order valence-corrected chi connectivity index (χ2v) is 7.65. The summed E-state index contributed by atoms with van der Waals surface area (Å²) in [5, 5.41) is 6.90. The van der Waals surface area contributed by atoms with Gasteiger partial charge in [-0.1, -0.05) is 35.1 Å². The van der Waals surface area contributed by atoms with Crippen LogP contribution in [0.2, 0.25) is 5.02 Å². The quantitative estimate of drug-likeness (QED) is 0.424. The standard InChI is InChI=1S/C20H20ClN5O2S.CH3.Li/c1-5-12(3)28-17-9-16(23-13(4)24-17)25-20-22-10-15(29-20)19(27)26-18-11(2)7-6-8-14(18)21;;/h6-10,12H,1,3,5H2,2,4H3,(H,26,27)(H,22,23,24,25);1H3;/q-2;-1;+1. The van der Waals surface area contributed by atoms with E-state index in [1.54, 1.807) is 19.1 Å². The molecule has 1 unspecified atom stereocenters. The van der Waals surface area contributed by atoms with Crippen LogP contribution in [0.4, 0.5) is 16.6 Å². The number of benzene rings is 1. The van der Waals surface area contributed by atoms with E-state index in [-0.39, 0.29) is 38.3 Å². The van der Waals surface area contributed by atoms with Crippen LogP contribution < -0.4 is 34.2 Å². The molecule has 3 rings (SSSR count). The van der Waals surface area contributed by atoms with Gasteiger partial charge in [-0.05, 0) is 31.6 Å². The Hall–Kier alpha value is -2.11. The second-order valence-electron chi connectivity index (χ2n) is 6.21. The van der Waals surface area contributed by atoms with Gasteiger partial charge >= 0.3 is 18.9 Å². The van der Waals surface area contributed by atoms with Crippen molar-refractivity contribution in [2.75, 3.05) is 10.6 Å². The third-order valence-corrected chi connectivity index (χ3v) is 5.08. The molecule has 0 saturated carbocycles. The molecule has 1 aromatic carbocycles. The topological polar surface area (TPSA) is 89.0 Å². The third-order valence-electron chi connectivity index (χ3n) is 3.85. The van der Waals surface area contributed by atoms with Gasteiger partial charge in [-0.3, -0.25) is 4.79 Å².